The van der Waals surface area contributed by atoms with Gasteiger partial charge in [0, 0.05) is 37.6 Å². The summed E-state index contributed by atoms with van der Waals surface area (Å²) in [5.41, 5.74) is 2.46. The first-order valence-electron chi connectivity index (χ1n) is 10.3. The summed E-state index contributed by atoms with van der Waals surface area (Å²) in [6.07, 6.45) is 3.07. The SMILES string of the molecule is C[C@H]1COCCCOc2nc(cc(N3CCCC3)n2)-c2n[nH]c3ccc(cc23)O1. The molecule has 0 saturated carbocycles. The molecule has 8 nitrogen and oxygen atoms in total. The average molecular weight is 395 g/mol. The third-order valence-corrected chi connectivity index (χ3v) is 5.25. The number of aromatic nitrogens is 4. The largest absolute Gasteiger partial charge is 0.488 e. The third-order valence-electron chi connectivity index (χ3n) is 5.25. The summed E-state index contributed by atoms with van der Waals surface area (Å²) in [5.74, 6) is 1.68. The minimum absolute atomic E-state index is 0.0449. The quantitative estimate of drug-likeness (QED) is 0.677. The lowest BCUT2D eigenvalue weighted by molar-refractivity contribution is 0.0523. The fourth-order valence-corrected chi connectivity index (χ4v) is 3.81. The molecule has 2 aromatic heterocycles. The van der Waals surface area contributed by atoms with E-state index in [9.17, 15) is 0 Å². The monoisotopic (exact) mass is 395 g/mol. The van der Waals surface area contributed by atoms with E-state index in [1.54, 1.807) is 0 Å². The molecule has 8 heteroatoms. The lowest BCUT2D eigenvalue weighted by Gasteiger charge is -2.17. The Kier molecular flexibility index (Phi) is 4.93. The maximum Gasteiger partial charge on any atom is 0.318 e. The molecule has 29 heavy (non-hydrogen) atoms. The first-order valence-corrected chi connectivity index (χ1v) is 10.3. The van der Waals surface area contributed by atoms with E-state index in [1.165, 1.54) is 12.8 Å². The van der Waals surface area contributed by atoms with Crippen molar-refractivity contribution >= 4 is 16.7 Å². The van der Waals surface area contributed by atoms with Crippen LogP contribution < -0.4 is 14.4 Å². The summed E-state index contributed by atoms with van der Waals surface area (Å²) in [7, 11) is 0. The second-order valence-corrected chi connectivity index (χ2v) is 7.57. The molecule has 1 N–H and O–H groups in total. The molecule has 152 valence electrons. The standard InChI is InChI=1S/C21H25N5O3/c1-14-13-27-9-4-10-28-21-22-18(12-19(23-21)26-7-2-3-8-26)20-16-11-15(29-14)5-6-17(16)24-25-20/h5-6,11-12,14H,2-4,7-10,13H2,1H3,(H,24,25)/t14-/m0/s1. The molecule has 4 bridgehead atoms. The molecule has 4 heterocycles. The van der Waals surface area contributed by atoms with Crippen molar-refractivity contribution in [1.29, 1.82) is 0 Å². The molecule has 0 radical (unpaired) electrons. The lowest BCUT2D eigenvalue weighted by atomic mass is 10.1. The van der Waals surface area contributed by atoms with Gasteiger partial charge in [0.2, 0.25) is 0 Å². The van der Waals surface area contributed by atoms with Gasteiger partial charge in [0.1, 0.15) is 29.1 Å². The molecule has 5 rings (SSSR count). The minimum atomic E-state index is -0.0449. The van der Waals surface area contributed by atoms with E-state index in [1.807, 2.05) is 31.2 Å². The number of fused-ring (bicyclic) bond motifs is 4. The van der Waals surface area contributed by atoms with Gasteiger partial charge in [-0.05, 0) is 38.0 Å². The van der Waals surface area contributed by atoms with Gasteiger partial charge in [-0.2, -0.15) is 15.1 Å². The van der Waals surface area contributed by atoms with E-state index in [4.69, 9.17) is 14.2 Å². The Morgan fingerprint density at radius 1 is 1.07 bits per heavy atom. The average Bonchev–Trinajstić information content (AvgIpc) is 3.39. The van der Waals surface area contributed by atoms with E-state index >= 15 is 0 Å². The van der Waals surface area contributed by atoms with Crippen LogP contribution in [0, 0.1) is 0 Å². The molecule has 1 fully saturated rings. The maximum absolute atomic E-state index is 6.04. The van der Waals surface area contributed by atoms with Gasteiger partial charge in [0.15, 0.2) is 0 Å². The van der Waals surface area contributed by atoms with Gasteiger partial charge in [0.05, 0.1) is 18.7 Å². The summed E-state index contributed by atoms with van der Waals surface area (Å²) in [6, 6.07) is 8.32. The highest BCUT2D eigenvalue weighted by Crippen LogP contribution is 2.32. The molecule has 0 unspecified atom stereocenters. The van der Waals surface area contributed by atoms with E-state index in [0.717, 1.165) is 53.4 Å². The number of anilines is 1. The summed E-state index contributed by atoms with van der Waals surface area (Å²) in [4.78, 5) is 11.6. The molecule has 0 amide bonds. The van der Waals surface area contributed by atoms with Crippen LogP contribution in [0.5, 0.6) is 11.8 Å². The number of nitrogens with zero attached hydrogens (tertiary/aromatic N) is 4. The fourth-order valence-electron chi connectivity index (χ4n) is 3.81. The Hall–Kier alpha value is -2.87. The zero-order valence-electron chi connectivity index (χ0n) is 16.6. The Labute approximate surface area is 169 Å². The number of ether oxygens (including phenoxy) is 3. The fraction of sp³-hybridized carbons (Fsp3) is 0.476. The van der Waals surface area contributed by atoms with Crippen molar-refractivity contribution in [2.45, 2.75) is 32.3 Å². The van der Waals surface area contributed by atoms with Crippen molar-refractivity contribution in [3.8, 4) is 23.1 Å². The number of hydrogen-bond acceptors (Lipinski definition) is 7. The first-order chi connectivity index (χ1) is 14.3. The predicted octanol–water partition coefficient (Wildman–Crippen LogP) is 3.19. The summed E-state index contributed by atoms with van der Waals surface area (Å²) in [6.45, 7) is 5.64. The highest BCUT2D eigenvalue weighted by molar-refractivity contribution is 5.93. The topological polar surface area (TPSA) is 85.4 Å². The number of aromatic amines is 1. The van der Waals surface area contributed by atoms with Crippen molar-refractivity contribution in [3.63, 3.8) is 0 Å². The van der Waals surface area contributed by atoms with Crippen molar-refractivity contribution in [3.05, 3.63) is 24.3 Å². The van der Waals surface area contributed by atoms with Crippen LogP contribution in [0.3, 0.4) is 0 Å². The lowest BCUT2D eigenvalue weighted by Crippen LogP contribution is -2.20. The number of hydrogen-bond donors (Lipinski definition) is 1. The number of H-pyrrole nitrogens is 1. The number of benzene rings is 1. The van der Waals surface area contributed by atoms with Crippen molar-refractivity contribution in [1.82, 2.24) is 20.2 Å². The Bertz CT molecular complexity index is 999. The summed E-state index contributed by atoms with van der Waals surface area (Å²) < 4.78 is 17.6. The van der Waals surface area contributed by atoms with E-state index in [2.05, 4.69) is 25.1 Å². The van der Waals surface area contributed by atoms with Crippen molar-refractivity contribution in [2.24, 2.45) is 0 Å². The van der Waals surface area contributed by atoms with Crippen LogP contribution in [0.25, 0.3) is 22.3 Å². The minimum Gasteiger partial charge on any atom is -0.488 e. The molecule has 2 aliphatic rings. The van der Waals surface area contributed by atoms with Gasteiger partial charge in [0.25, 0.3) is 0 Å². The first kappa shape index (κ1) is 18.2. The zero-order chi connectivity index (χ0) is 19.6. The van der Waals surface area contributed by atoms with Crippen LogP contribution in [0.2, 0.25) is 0 Å². The van der Waals surface area contributed by atoms with Crippen molar-refractivity contribution < 1.29 is 14.2 Å². The highest BCUT2D eigenvalue weighted by atomic mass is 16.5. The van der Waals surface area contributed by atoms with Gasteiger partial charge in [-0.25, -0.2) is 0 Å². The van der Waals surface area contributed by atoms with Crippen LogP contribution in [0.15, 0.2) is 24.3 Å². The van der Waals surface area contributed by atoms with Crippen LogP contribution >= 0.6 is 0 Å². The van der Waals surface area contributed by atoms with E-state index in [-0.39, 0.29) is 6.10 Å². The van der Waals surface area contributed by atoms with E-state index < -0.39 is 0 Å². The number of nitrogens with one attached hydrogen (secondary N) is 1. The molecule has 0 aliphatic carbocycles. The van der Waals surface area contributed by atoms with Crippen LogP contribution in [0.4, 0.5) is 5.82 Å². The van der Waals surface area contributed by atoms with Gasteiger partial charge >= 0.3 is 6.01 Å². The van der Waals surface area contributed by atoms with Crippen LogP contribution in [-0.2, 0) is 4.74 Å². The van der Waals surface area contributed by atoms with Crippen molar-refractivity contribution in [2.75, 3.05) is 37.8 Å². The molecular formula is C21H25N5O3. The molecule has 1 saturated heterocycles. The highest BCUT2D eigenvalue weighted by Gasteiger charge is 2.20. The second kappa shape index (κ2) is 7.87. The van der Waals surface area contributed by atoms with E-state index in [0.29, 0.717) is 25.8 Å². The predicted molar refractivity (Wildman–Crippen MR) is 110 cm³/mol. The van der Waals surface area contributed by atoms with Crippen LogP contribution in [0.1, 0.15) is 26.2 Å². The second-order valence-electron chi connectivity index (χ2n) is 7.57. The van der Waals surface area contributed by atoms with Gasteiger partial charge < -0.3 is 19.1 Å². The smallest absolute Gasteiger partial charge is 0.318 e. The van der Waals surface area contributed by atoms with Gasteiger partial charge in [-0.1, -0.05) is 0 Å². The Balaban J connectivity index is 1.61. The maximum atomic E-state index is 6.04. The summed E-state index contributed by atoms with van der Waals surface area (Å²) >= 11 is 0. The normalized spacial score (nSPS) is 20.2. The number of rotatable bonds is 1. The molecule has 2 aliphatic heterocycles. The molecule has 1 atom stereocenters. The summed E-state index contributed by atoms with van der Waals surface area (Å²) in [5, 5.41) is 8.60. The van der Waals surface area contributed by atoms with Crippen LogP contribution in [-0.4, -0.2) is 59.2 Å². The molecule has 0 spiro atoms. The molecule has 3 aromatic rings. The Morgan fingerprint density at radius 2 is 1.97 bits per heavy atom. The zero-order valence-corrected chi connectivity index (χ0v) is 16.6. The van der Waals surface area contributed by atoms with Gasteiger partial charge in [-0.3, -0.25) is 5.10 Å². The van der Waals surface area contributed by atoms with Gasteiger partial charge in [-0.15, -0.1) is 0 Å². The molecular weight excluding hydrogens is 370 g/mol. The third kappa shape index (κ3) is 3.85. The Morgan fingerprint density at radius 3 is 2.86 bits per heavy atom. The molecule has 1 aromatic carbocycles.